The number of piperazine rings is 1. The molecule has 2 aliphatic heterocycles. The molecular weight excluding hydrogens is 456 g/mol. The predicted octanol–water partition coefficient (Wildman–Crippen LogP) is 2.46. The molecule has 4 heterocycles. The fraction of sp³-hybridized carbons (Fsp3) is 0.292. The summed E-state index contributed by atoms with van der Waals surface area (Å²) >= 11 is 6.05. The van der Waals surface area contributed by atoms with Crippen molar-refractivity contribution >= 4 is 35.0 Å². The third kappa shape index (κ3) is 4.38. The Morgan fingerprint density at radius 1 is 1.00 bits per heavy atom. The average Bonchev–Trinajstić information content (AvgIpc) is 3.51. The minimum absolute atomic E-state index is 0.0495. The highest BCUT2D eigenvalue weighted by Gasteiger charge is 2.38. The summed E-state index contributed by atoms with van der Waals surface area (Å²) in [6.07, 6.45) is 3.53. The number of hydrogen-bond donors (Lipinski definition) is 1. The number of hydrogen-bond acceptors (Lipinski definition) is 5. The molecule has 1 atom stereocenters. The molecule has 0 aliphatic carbocycles. The van der Waals surface area contributed by atoms with Gasteiger partial charge in [-0.05, 0) is 36.4 Å². The highest BCUT2D eigenvalue weighted by Crippen LogP contribution is 2.28. The van der Waals surface area contributed by atoms with Crippen molar-refractivity contribution in [2.24, 2.45) is 5.92 Å². The number of amides is 3. The SMILES string of the molecule is O=C(c1cc(-c2ccncc2)n[nH]1)N1CCN(C(=O)[C@@H]2CC(=O)N(c3cccc(Cl)c3)C2)CC1. The van der Waals surface area contributed by atoms with Crippen LogP contribution in [0.2, 0.25) is 5.02 Å². The summed E-state index contributed by atoms with van der Waals surface area (Å²) in [7, 11) is 0. The molecule has 9 nitrogen and oxygen atoms in total. The maximum absolute atomic E-state index is 13.1. The highest BCUT2D eigenvalue weighted by atomic mass is 35.5. The molecule has 3 amide bonds. The fourth-order valence-electron chi connectivity index (χ4n) is 4.43. The summed E-state index contributed by atoms with van der Waals surface area (Å²) in [6.45, 7) is 2.04. The van der Waals surface area contributed by atoms with Gasteiger partial charge in [-0.3, -0.25) is 24.5 Å². The van der Waals surface area contributed by atoms with Crippen LogP contribution in [-0.4, -0.2) is 75.4 Å². The monoisotopic (exact) mass is 478 g/mol. The maximum atomic E-state index is 13.1. The van der Waals surface area contributed by atoms with E-state index in [0.29, 0.717) is 54.8 Å². The lowest BCUT2D eigenvalue weighted by Crippen LogP contribution is -2.52. The van der Waals surface area contributed by atoms with Crippen molar-refractivity contribution in [1.29, 1.82) is 0 Å². The van der Waals surface area contributed by atoms with E-state index in [-0.39, 0.29) is 24.1 Å². The molecule has 2 aliphatic rings. The van der Waals surface area contributed by atoms with Crippen LogP contribution in [-0.2, 0) is 9.59 Å². The van der Waals surface area contributed by atoms with Gasteiger partial charge in [-0.25, -0.2) is 0 Å². The predicted molar refractivity (Wildman–Crippen MR) is 126 cm³/mol. The topological polar surface area (TPSA) is 102 Å². The van der Waals surface area contributed by atoms with Crippen molar-refractivity contribution < 1.29 is 14.4 Å². The summed E-state index contributed by atoms with van der Waals surface area (Å²) in [5, 5.41) is 7.59. The van der Waals surface area contributed by atoms with Crippen molar-refractivity contribution in [2.45, 2.75) is 6.42 Å². The number of H-pyrrole nitrogens is 1. The molecule has 174 valence electrons. The molecule has 2 aromatic heterocycles. The van der Waals surface area contributed by atoms with E-state index in [0.717, 1.165) is 5.56 Å². The van der Waals surface area contributed by atoms with E-state index in [1.165, 1.54) is 0 Å². The first-order valence-electron chi connectivity index (χ1n) is 11.1. The second-order valence-electron chi connectivity index (χ2n) is 8.41. The lowest BCUT2D eigenvalue weighted by Gasteiger charge is -2.35. The van der Waals surface area contributed by atoms with Gasteiger partial charge < -0.3 is 14.7 Å². The Kier molecular flexibility index (Phi) is 6.02. The number of carbonyl (C=O) groups excluding carboxylic acids is 3. The number of anilines is 1. The smallest absolute Gasteiger partial charge is 0.272 e. The van der Waals surface area contributed by atoms with Gasteiger partial charge in [0.25, 0.3) is 5.91 Å². The summed E-state index contributed by atoms with van der Waals surface area (Å²) in [5.41, 5.74) is 2.66. The zero-order valence-corrected chi connectivity index (χ0v) is 19.1. The minimum atomic E-state index is -0.399. The third-order valence-corrected chi connectivity index (χ3v) is 6.49. The molecule has 34 heavy (non-hydrogen) atoms. The Morgan fingerprint density at radius 3 is 2.47 bits per heavy atom. The van der Waals surface area contributed by atoms with Crippen LogP contribution in [0, 0.1) is 5.92 Å². The Balaban J connectivity index is 1.18. The van der Waals surface area contributed by atoms with E-state index in [9.17, 15) is 14.4 Å². The van der Waals surface area contributed by atoms with Gasteiger partial charge in [-0.1, -0.05) is 17.7 Å². The van der Waals surface area contributed by atoms with Crippen molar-refractivity contribution in [2.75, 3.05) is 37.6 Å². The van der Waals surface area contributed by atoms with Crippen LogP contribution in [0.4, 0.5) is 5.69 Å². The van der Waals surface area contributed by atoms with Crippen LogP contribution in [0.25, 0.3) is 11.3 Å². The first kappa shape index (κ1) is 22.1. The van der Waals surface area contributed by atoms with Gasteiger partial charge in [0, 0.05) is 67.8 Å². The van der Waals surface area contributed by atoms with Crippen LogP contribution in [0.1, 0.15) is 16.9 Å². The molecule has 0 saturated carbocycles. The second kappa shape index (κ2) is 9.26. The lowest BCUT2D eigenvalue weighted by atomic mass is 10.1. The molecule has 0 radical (unpaired) electrons. The summed E-state index contributed by atoms with van der Waals surface area (Å²) in [6, 6.07) is 12.5. The molecule has 0 unspecified atom stereocenters. The van der Waals surface area contributed by atoms with Crippen LogP contribution in [0.5, 0.6) is 0 Å². The Hall–Kier alpha value is -3.72. The molecule has 3 aromatic rings. The molecule has 10 heteroatoms. The van der Waals surface area contributed by atoms with Gasteiger partial charge in [-0.2, -0.15) is 5.10 Å². The van der Waals surface area contributed by atoms with Crippen LogP contribution >= 0.6 is 11.6 Å². The number of carbonyl (C=O) groups is 3. The maximum Gasteiger partial charge on any atom is 0.272 e. The van der Waals surface area contributed by atoms with E-state index in [1.807, 2.05) is 18.2 Å². The Morgan fingerprint density at radius 2 is 1.74 bits per heavy atom. The average molecular weight is 479 g/mol. The molecule has 5 rings (SSSR count). The van der Waals surface area contributed by atoms with Gasteiger partial charge in [0.2, 0.25) is 11.8 Å². The van der Waals surface area contributed by atoms with Crippen molar-refractivity contribution in [3.8, 4) is 11.3 Å². The lowest BCUT2D eigenvalue weighted by molar-refractivity contribution is -0.137. The van der Waals surface area contributed by atoms with Crippen LogP contribution < -0.4 is 4.90 Å². The fourth-order valence-corrected chi connectivity index (χ4v) is 4.61. The second-order valence-corrected chi connectivity index (χ2v) is 8.84. The summed E-state index contributed by atoms with van der Waals surface area (Å²) in [5.74, 6) is -0.683. The van der Waals surface area contributed by atoms with Crippen LogP contribution in [0.3, 0.4) is 0 Å². The standard InChI is InChI=1S/C24H23ClN6O3/c25-18-2-1-3-19(13-18)31-15-17(12-22(31)32)23(33)29-8-10-30(11-9-29)24(34)21-14-20(27-28-21)16-4-6-26-7-5-16/h1-7,13-14,17H,8-12,15H2,(H,27,28)/t17-/m1/s1. The molecule has 1 N–H and O–H groups in total. The van der Waals surface area contributed by atoms with Gasteiger partial charge in [0.15, 0.2) is 0 Å². The van der Waals surface area contributed by atoms with Gasteiger partial charge in [0.1, 0.15) is 5.69 Å². The van der Waals surface area contributed by atoms with Crippen molar-refractivity contribution in [1.82, 2.24) is 25.0 Å². The number of halogens is 1. The van der Waals surface area contributed by atoms with E-state index in [1.54, 1.807) is 51.4 Å². The van der Waals surface area contributed by atoms with E-state index in [2.05, 4.69) is 15.2 Å². The molecule has 2 fully saturated rings. The van der Waals surface area contributed by atoms with Gasteiger partial charge >= 0.3 is 0 Å². The van der Waals surface area contributed by atoms with Crippen molar-refractivity contribution in [3.63, 3.8) is 0 Å². The number of nitrogens with one attached hydrogen (secondary N) is 1. The van der Waals surface area contributed by atoms with E-state index >= 15 is 0 Å². The van der Waals surface area contributed by atoms with Crippen molar-refractivity contribution in [3.05, 3.63) is 65.6 Å². The quantitative estimate of drug-likeness (QED) is 0.620. The molecule has 0 bridgehead atoms. The number of benzene rings is 1. The van der Waals surface area contributed by atoms with Gasteiger partial charge in [0.05, 0.1) is 11.6 Å². The molecule has 0 spiro atoms. The zero-order valence-electron chi connectivity index (χ0n) is 18.4. The minimum Gasteiger partial charge on any atom is -0.339 e. The number of nitrogens with zero attached hydrogens (tertiary/aromatic N) is 5. The zero-order chi connectivity index (χ0) is 23.7. The molecule has 2 saturated heterocycles. The number of aromatic amines is 1. The Bertz CT molecular complexity index is 1220. The summed E-state index contributed by atoms with van der Waals surface area (Å²) < 4.78 is 0. The number of rotatable bonds is 4. The van der Waals surface area contributed by atoms with E-state index < -0.39 is 5.92 Å². The third-order valence-electron chi connectivity index (χ3n) is 6.26. The molecule has 1 aromatic carbocycles. The Labute approximate surface area is 201 Å². The highest BCUT2D eigenvalue weighted by molar-refractivity contribution is 6.31. The molecular formula is C24H23ClN6O3. The first-order valence-corrected chi connectivity index (χ1v) is 11.5. The number of pyridine rings is 1. The van der Waals surface area contributed by atoms with Crippen LogP contribution in [0.15, 0.2) is 54.9 Å². The number of aromatic nitrogens is 3. The largest absolute Gasteiger partial charge is 0.339 e. The first-order chi connectivity index (χ1) is 16.5. The normalized spacial score (nSPS) is 18.4. The summed E-state index contributed by atoms with van der Waals surface area (Å²) in [4.78, 5) is 47.6. The van der Waals surface area contributed by atoms with Gasteiger partial charge in [-0.15, -0.1) is 0 Å². The van der Waals surface area contributed by atoms with E-state index in [4.69, 9.17) is 11.6 Å².